The molecule has 0 radical (unpaired) electrons. The second-order valence-corrected chi connectivity index (χ2v) is 51.7. The Morgan fingerprint density at radius 3 is 1.29 bits per heavy atom. The van der Waals surface area contributed by atoms with Crippen molar-refractivity contribution in [3.63, 3.8) is 0 Å². The maximum atomic E-state index is 13.7. The average Bonchev–Trinajstić information content (AvgIpc) is 1.55. The van der Waals surface area contributed by atoms with Crippen molar-refractivity contribution in [1.29, 1.82) is 0 Å². The molecule has 143 heavy (non-hydrogen) atoms. The summed E-state index contributed by atoms with van der Waals surface area (Å²) in [7, 11) is 0. The summed E-state index contributed by atoms with van der Waals surface area (Å²) in [4.78, 5) is 172. The van der Waals surface area contributed by atoms with E-state index in [0.29, 0.717) is 93.3 Å². The number of carbonyl (C=O) groups is 14. The first-order valence-corrected chi connectivity index (χ1v) is 54.1. The molecule has 26 heteroatoms. The molecule has 0 amide bonds. The number of aliphatic hydroxyl groups excluding tert-OH is 7. The Hall–Kier alpha value is -7.33. The van der Waals surface area contributed by atoms with E-state index in [-0.39, 0.29) is 170 Å². The summed E-state index contributed by atoms with van der Waals surface area (Å²) in [6.45, 7) is 32.7. The highest BCUT2D eigenvalue weighted by molar-refractivity contribution is 6.26. The first kappa shape index (κ1) is 108. The maximum absolute atomic E-state index is 13.7. The second kappa shape index (κ2) is 37.7. The number of allylic oxidation sites excluding steroid dienone is 14. The van der Waals surface area contributed by atoms with Crippen molar-refractivity contribution in [2.24, 2.45) is 165 Å². The van der Waals surface area contributed by atoms with Crippen LogP contribution in [0.3, 0.4) is 0 Å². The molecule has 36 atom stereocenters. The van der Waals surface area contributed by atoms with Gasteiger partial charge in [0.25, 0.3) is 0 Å². The molecule has 20 aliphatic carbocycles. The fraction of sp³-hybridized carbons (Fsp3) is 0.744. The van der Waals surface area contributed by atoms with Crippen LogP contribution in [-0.2, 0) is 81.3 Å². The third kappa shape index (κ3) is 15.9. The van der Waals surface area contributed by atoms with Crippen LogP contribution in [0, 0.1) is 165 Å². The van der Waals surface area contributed by atoms with Gasteiger partial charge in [-0.25, -0.2) is 0 Å². The molecule has 0 aromatic carbocycles. The average molecular weight is 2000 g/mol. The third-order valence-corrected chi connectivity index (χ3v) is 46.5. The van der Waals surface area contributed by atoms with Crippen LogP contribution < -0.4 is 0 Å². The van der Waals surface area contributed by atoms with E-state index in [4.69, 9.17) is 25.8 Å². The van der Waals surface area contributed by atoms with Crippen molar-refractivity contribution in [3.8, 4) is 0 Å². The van der Waals surface area contributed by atoms with E-state index in [9.17, 15) is 108 Å². The summed E-state index contributed by atoms with van der Waals surface area (Å²) in [5, 5.41) is 85.6. The standard InChI is InChI=1S/C27H35ClO7.C24H34O5.C22H28O5.C22H32O4.C22H30O4/c1-6-23(33)34-14-22(32)27(35-16(3)29)15(2)11-20-19-8-7-17-12-18(30)9-10-24(17,4)26(19,28)21(31)13-25(20,27)5;1-14(25)29-13-20(28)23(3)10-8-18-17-6-5-15-11-16(26)7-9-22(15,2)21(17)19(27)12-24(18,23)4;1-12-8-16-15-5-4-13-9-14(24)6-7-20(13,2)19(15)17(25)10-21(16,3)22(12,27)18(26)11-23;2*1-20-8-6-14(24)10-13(20)4-5-15-16-7-9-21(2,18(26)12-23)22(16,3)11-17(25)19(15)20/h9-10,12,15,19-21,31H,6-8,11,13-14H2,1-5H3;11,17-19,21,27H,5-10,12-13H2,1-4H3;6-7,9,12,15-16,19,23,27H,4-5,8,10-11H2,1-3H3;10,15-17,19,23,25H,4-9,11-12H2,1-3H3;6,8,10,15-17,19,23,25H,4-5,7,9,11-12H2,1-3H3/t15-,19+,20+,21+,24+,25+,26+,27+;17-,18-,19-,21+,22-,23+,24-;12-,15+,16+,19-,20+,21+,22+;2*15-,16-,17-,19+,20-,21+,22-/m10100/s1. The van der Waals surface area contributed by atoms with Crippen LogP contribution in [0.4, 0.5) is 0 Å². The van der Waals surface area contributed by atoms with Gasteiger partial charge in [-0.2, -0.15) is 0 Å². The normalized spacial score (nSPS) is 47.6. The molecule has 0 bridgehead atoms. The fourth-order valence-corrected chi connectivity index (χ4v) is 38.1. The molecular formula is C117H159ClO25. The molecule has 0 heterocycles. The number of hydrogen-bond donors (Lipinski definition) is 8. The monoisotopic (exact) mass is 2000 g/mol. The Morgan fingerprint density at radius 1 is 0.406 bits per heavy atom. The van der Waals surface area contributed by atoms with Crippen LogP contribution in [0.1, 0.15) is 304 Å². The summed E-state index contributed by atoms with van der Waals surface area (Å²) in [5.74, 6) is -0.710. The van der Waals surface area contributed by atoms with Crippen molar-refractivity contribution >= 4 is 93.1 Å². The molecule has 784 valence electrons. The Morgan fingerprint density at radius 2 is 0.818 bits per heavy atom. The Bertz CT molecular complexity index is 5540. The lowest BCUT2D eigenvalue weighted by Gasteiger charge is -2.64. The van der Waals surface area contributed by atoms with Gasteiger partial charge in [-0.1, -0.05) is 157 Å². The lowest BCUT2D eigenvalue weighted by atomic mass is 9.44. The highest BCUT2D eigenvalue weighted by Gasteiger charge is 2.79. The van der Waals surface area contributed by atoms with Gasteiger partial charge in [0.05, 0.1) is 29.3 Å². The summed E-state index contributed by atoms with van der Waals surface area (Å²) in [6.07, 6.45) is 36.9. The molecule has 0 aromatic rings. The van der Waals surface area contributed by atoms with Gasteiger partial charge in [-0.3, -0.25) is 67.1 Å². The number of esters is 3. The summed E-state index contributed by atoms with van der Waals surface area (Å²) in [5.41, 5.74) is -3.58. The zero-order valence-corrected chi connectivity index (χ0v) is 88.4. The molecule has 0 unspecified atom stereocenters. The largest absolute Gasteiger partial charge is 0.458 e. The van der Waals surface area contributed by atoms with Gasteiger partial charge >= 0.3 is 17.9 Å². The minimum Gasteiger partial charge on any atom is -0.458 e. The number of hydrogen-bond acceptors (Lipinski definition) is 25. The number of Topliss-reactive ketones (excluding diaryl/α,β-unsaturated/α-hetero) is 6. The zero-order valence-electron chi connectivity index (χ0n) is 87.6. The number of ketones is 11. The number of halogens is 1. The van der Waals surface area contributed by atoms with E-state index in [1.807, 2.05) is 92.7 Å². The predicted octanol–water partition coefficient (Wildman–Crippen LogP) is 15.2. The summed E-state index contributed by atoms with van der Waals surface area (Å²) < 4.78 is 16.1. The van der Waals surface area contributed by atoms with Gasteiger partial charge < -0.3 is 55.1 Å². The van der Waals surface area contributed by atoms with Crippen LogP contribution >= 0.6 is 11.6 Å². The Balaban J connectivity index is 0.000000129. The molecule has 0 aromatic heterocycles. The van der Waals surface area contributed by atoms with E-state index in [1.165, 1.54) is 31.1 Å². The lowest BCUT2D eigenvalue weighted by molar-refractivity contribution is -0.202. The van der Waals surface area contributed by atoms with Gasteiger partial charge in [0.1, 0.15) is 31.2 Å². The molecule has 8 N–H and O–H groups in total. The van der Waals surface area contributed by atoms with E-state index in [1.54, 1.807) is 37.3 Å². The SMILES string of the molecule is CC(=O)OCC(=O)[C@@]1(C)CC[C@H]2[C@@H]3CCC4=CC(=O)CC[C@]4(C)[C@H]3[C@@H](O)C[C@@]21C.CCC(=O)OCC(=O)[C@@]1(OC(C)=O)[C@H](C)C[C@H]2[C@@H]3CCC4=CC(=O)C=C[C@]4(C)[C@@]3(Cl)[C@@H](O)C[C@@]21C.C[C@@H]1C[C@H]2[C@@H]3CCC4=CC(=O)C=C[C@]4(C)[C@H]3C(=O)C[C@]2(C)[C@@]1(O)C(=O)CO.C[C@]12C=CC(=O)C=C1CC[C@@H]1[C@@H]2[C@@H](O)C[C@@]2(C)[C@H]1CC[C@]2(C)C(=O)CO.C[C@]12CCC(=O)C=C1CC[C@@H]1[C@@H]2[C@@H](O)C[C@@]2(C)[C@H]1CC[C@]2(C)C(=O)CO. The quantitative estimate of drug-likeness (QED) is 0.0455. The van der Waals surface area contributed by atoms with Crippen molar-refractivity contribution in [1.82, 2.24) is 0 Å². The van der Waals surface area contributed by atoms with E-state index in [0.717, 1.165) is 119 Å². The smallest absolute Gasteiger partial charge is 0.305 e. The number of alkyl halides is 1. The molecule has 0 spiro atoms. The first-order chi connectivity index (χ1) is 66.7. The van der Waals surface area contributed by atoms with E-state index < -0.39 is 134 Å². The van der Waals surface area contributed by atoms with Crippen LogP contribution in [0.2, 0.25) is 0 Å². The van der Waals surface area contributed by atoms with Crippen LogP contribution in [0.5, 0.6) is 0 Å². The van der Waals surface area contributed by atoms with Crippen LogP contribution in [0.25, 0.3) is 0 Å². The fourth-order valence-electron chi connectivity index (χ4n) is 37.5. The van der Waals surface area contributed by atoms with E-state index in [2.05, 4.69) is 41.5 Å². The molecule has 0 saturated heterocycles. The van der Waals surface area contributed by atoms with Crippen molar-refractivity contribution in [2.45, 2.75) is 345 Å². The van der Waals surface area contributed by atoms with E-state index >= 15 is 0 Å². The second-order valence-electron chi connectivity index (χ2n) is 51.0. The highest BCUT2D eigenvalue weighted by atomic mass is 35.5. The van der Waals surface area contributed by atoms with Gasteiger partial charge in [-0.15, -0.1) is 11.6 Å². The molecule has 0 aliphatic heterocycles. The van der Waals surface area contributed by atoms with Crippen LogP contribution in [0.15, 0.2) is 94.7 Å². The highest BCUT2D eigenvalue weighted by Crippen LogP contribution is 2.77. The lowest BCUT2D eigenvalue weighted by Crippen LogP contribution is -2.69. The maximum Gasteiger partial charge on any atom is 0.305 e. The van der Waals surface area contributed by atoms with Gasteiger partial charge in [-0.05, 0) is 307 Å². The summed E-state index contributed by atoms with van der Waals surface area (Å²) in [6, 6.07) is 0. The van der Waals surface area contributed by atoms with Crippen molar-refractivity contribution < 1.29 is 122 Å². The van der Waals surface area contributed by atoms with Crippen molar-refractivity contribution in [2.75, 3.05) is 33.0 Å². The molecule has 20 rings (SSSR count). The minimum atomic E-state index is -1.66. The third-order valence-electron chi connectivity index (χ3n) is 45.6. The predicted molar refractivity (Wildman–Crippen MR) is 531 cm³/mol. The topological polar surface area (TPSA) is 429 Å². The zero-order chi connectivity index (χ0) is 105. The number of aliphatic hydroxyl groups is 8. The number of rotatable bonds is 14. The number of ether oxygens (including phenoxy) is 3. The van der Waals surface area contributed by atoms with Gasteiger partial charge in [0.15, 0.2) is 70.9 Å². The first-order valence-electron chi connectivity index (χ1n) is 53.7. The molecule has 15 fully saturated rings. The van der Waals surface area contributed by atoms with Gasteiger partial charge in [0, 0.05) is 101 Å². The number of carbonyl (C=O) groups excluding carboxylic acids is 14. The summed E-state index contributed by atoms with van der Waals surface area (Å²) >= 11 is 7.45. The van der Waals surface area contributed by atoms with Crippen LogP contribution in [-0.4, -0.2) is 196 Å². The Labute approximate surface area is 848 Å². The minimum absolute atomic E-state index is 0.0192. The molecule has 25 nitrogen and oxygen atoms in total. The Kier molecular flexibility index (Phi) is 28.6. The molecular weight excluding hydrogens is 1840 g/mol. The number of fused-ring (bicyclic) bond motifs is 25. The van der Waals surface area contributed by atoms with Crippen molar-refractivity contribution in [3.05, 3.63) is 94.7 Å². The molecule has 20 aliphatic rings. The molecule has 15 saturated carbocycles. The van der Waals surface area contributed by atoms with Gasteiger partial charge in [0.2, 0.25) is 5.78 Å².